The van der Waals surface area contributed by atoms with Crippen molar-refractivity contribution in [3.63, 3.8) is 0 Å². The van der Waals surface area contributed by atoms with E-state index in [1.807, 2.05) is 12.4 Å². The quantitative estimate of drug-likeness (QED) is 0.643. The van der Waals surface area contributed by atoms with Crippen molar-refractivity contribution in [1.82, 2.24) is 15.3 Å². The van der Waals surface area contributed by atoms with Crippen molar-refractivity contribution in [3.8, 4) is 6.07 Å². The topological polar surface area (TPSA) is 74.1 Å². The Morgan fingerprint density at radius 3 is 2.81 bits per heavy atom. The minimum atomic E-state index is 0.504. The maximum atomic E-state index is 8.47. The van der Waals surface area contributed by atoms with Crippen molar-refractivity contribution in [3.05, 3.63) is 18.0 Å². The molecule has 0 aromatic carbocycles. The Hall–Kier alpha value is -1.43. The van der Waals surface area contributed by atoms with E-state index in [1.165, 1.54) is 11.8 Å². The third-order valence-corrected chi connectivity index (χ3v) is 4.18. The third-order valence-electron chi connectivity index (χ3n) is 2.87. The molecule has 6 nitrogen and oxygen atoms in total. The molecule has 8 heteroatoms. The van der Waals surface area contributed by atoms with Crippen molar-refractivity contribution in [1.29, 1.82) is 5.26 Å². The molecule has 1 fully saturated rings. The van der Waals surface area contributed by atoms with E-state index in [0.717, 1.165) is 43.6 Å². The molecule has 1 aliphatic rings. The second-order valence-corrected chi connectivity index (χ2v) is 6.16. The van der Waals surface area contributed by atoms with Gasteiger partial charge in [0, 0.05) is 49.8 Å². The summed E-state index contributed by atoms with van der Waals surface area (Å²) in [6.07, 6.45) is 4.13. The molecular weight excluding hydrogens is 306 g/mol. The fourth-order valence-electron chi connectivity index (χ4n) is 1.78. The molecule has 0 aliphatic carbocycles. The zero-order valence-electron chi connectivity index (χ0n) is 11.6. The van der Waals surface area contributed by atoms with Gasteiger partial charge in [-0.3, -0.25) is 0 Å². The highest BCUT2D eigenvalue weighted by atomic mass is 32.2. The number of ether oxygens (including phenoxy) is 1. The largest absolute Gasteiger partial charge is 0.378 e. The Bertz CT molecular complexity index is 496. The molecule has 1 aromatic rings. The fraction of sp³-hybridized carbons (Fsp3) is 0.538. The first-order chi connectivity index (χ1) is 10.3. The van der Waals surface area contributed by atoms with Crippen molar-refractivity contribution in [2.24, 2.45) is 0 Å². The van der Waals surface area contributed by atoms with Crippen molar-refractivity contribution < 1.29 is 4.74 Å². The van der Waals surface area contributed by atoms with Gasteiger partial charge in [-0.05, 0) is 0 Å². The molecule has 0 amide bonds. The lowest BCUT2D eigenvalue weighted by Gasteiger charge is -2.26. The molecule has 0 radical (unpaired) electrons. The smallest absolute Gasteiger partial charge is 0.225 e. The molecule has 1 saturated heterocycles. The van der Waals surface area contributed by atoms with Crippen LogP contribution in [0.25, 0.3) is 0 Å². The molecule has 2 rings (SSSR count). The van der Waals surface area contributed by atoms with Gasteiger partial charge in [0.15, 0.2) is 0 Å². The molecule has 0 saturated carbocycles. The average Bonchev–Trinajstić information content (AvgIpc) is 2.54. The van der Waals surface area contributed by atoms with E-state index >= 15 is 0 Å². The van der Waals surface area contributed by atoms with Crippen molar-refractivity contribution in [2.45, 2.75) is 13.0 Å². The first kappa shape index (κ1) is 15.9. The predicted molar refractivity (Wildman–Crippen MR) is 87.2 cm³/mol. The van der Waals surface area contributed by atoms with E-state index in [4.69, 9.17) is 22.2 Å². The lowest BCUT2D eigenvalue weighted by Crippen LogP contribution is -2.37. The van der Waals surface area contributed by atoms with E-state index in [1.54, 1.807) is 0 Å². The first-order valence-electron chi connectivity index (χ1n) is 6.71. The summed E-state index contributed by atoms with van der Waals surface area (Å²) in [6, 6.07) is 2.09. The number of rotatable bonds is 5. The van der Waals surface area contributed by atoms with Crippen LogP contribution in [0.3, 0.4) is 0 Å². The third kappa shape index (κ3) is 5.46. The van der Waals surface area contributed by atoms with E-state index in [0.29, 0.717) is 17.3 Å². The Morgan fingerprint density at radius 1 is 1.43 bits per heavy atom. The summed E-state index contributed by atoms with van der Waals surface area (Å²) in [5, 5.41) is 11.6. The van der Waals surface area contributed by atoms with Crippen LogP contribution >= 0.6 is 24.0 Å². The Morgan fingerprint density at radius 2 is 2.14 bits per heavy atom. The van der Waals surface area contributed by atoms with Gasteiger partial charge in [-0.15, -0.1) is 0 Å². The summed E-state index contributed by atoms with van der Waals surface area (Å²) in [4.78, 5) is 10.9. The summed E-state index contributed by atoms with van der Waals surface area (Å²) in [5.41, 5.74) is 0.982. The van der Waals surface area contributed by atoms with E-state index < -0.39 is 0 Å². The maximum Gasteiger partial charge on any atom is 0.225 e. The summed E-state index contributed by atoms with van der Waals surface area (Å²) in [7, 11) is 0. The summed E-state index contributed by atoms with van der Waals surface area (Å²) >= 11 is 6.66. The van der Waals surface area contributed by atoms with Crippen molar-refractivity contribution in [2.75, 3.05) is 37.0 Å². The van der Waals surface area contributed by atoms with E-state index in [9.17, 15) is 0 Å². The first-order valence-corrected chi connectivity index (χ1v) is 8.10. The van der Waals surface area contributed by atoms with Crippen LogP contribution in [0.15, 0.2) is 12.4 Å². The van der Waals surface area contributed by atoms with Crippen LogP contribution in [0, 0.1) is 11.3 Å². The molecule has 2 heterocycles. The van der Waals surface area contributed by atoms with Gasteiger partial charge in [0.2, 0.25) is 5.95 Å². The number of aromatic nitrogens is 2. The Balaban J connectivity index is 1.77. The average molecular weight is 323 g/mol. The van der Waals surface area contributed by atoms with Gasteiger partial charge in [-0.2, -0.15) is 5.26 Å². The van der Waals surface area contributed by atoms with Crippen LogP contribution < -0.4 is 10.2 Å². The highest BCUT2D eigenvalue weighted by Crippen LogP contribution is 2.10. The number of morpholine rings is 1. The highest BCUT2D eigenvalue weighted by molar-refractivity contribution is 8.22. The van der Waals surface area contributed by atoms with Gasteiger partial charge in [0.1, 0.15) is 4.32 Å². The minimum Gasteiger partial charge on any atom is -0.378 e. The van der Waals surface area contributed by atoms with Gasteiger partial charge >= 0.3 is 0 Å². The maximum absolute atomic E-state index is 8.47. The molecule has 21 heavy (non-hydrogen) atoms. The molecule has 1 N–H and O–H groups in total. The number of hydrogen-bond acceptors (Lipinski definition) is 7. The molecule has 0 unspecified atom stereocenters. The Kier molecular flexibility index (Phi) is 6.66. The normalized spacial score (nSPS) is 14.5. The van der Waals surface area contributed by atoms with Crippen LogP contribution in [-0.2, 0) is 11.3 Å². The molecule has 1 aromatic heterocycles. The monoisotopic (exact) mass is 323 g/mol. The van der Waals surface area contributed by atoms with Gasteiger partial charge in [0.25, 0.3) is 0 Å². The van der Waals surface area contributed by atoms with Gasteiger partial charge in [-0.1, -0.05) is 24.0 Å². The van der Waals surface area contributed by atoms with Gasteiger partial charge < -0.3 is 15.0 Å². The molecule has 112 valence electrons. The fourth-order valence-corrected chi connectivity index (χ4v) is 2.66. The van der Waals surface area contributed by atoms with Crippen LogP contribution in [0.5, 0.6) is 0 Å². The van der Waals surface area contributed by atoms with Crippen LogP contribution in [0.1, 0.15) is 12.0 Å². The van der Waals surface area contributed by atoms with E-state index in [2.05, 4.69) is 26.3 Å². The zero-order chi connectivity index (χ0) is 14.9. The number of nitrogens with zero attached hydrogens (tertiary/aromatic N) is 4. The Labute approximate surface area is 133 Å². The second kappa shape index (κ2) is 8.77. The van der Waals surface area contributed by atoms with Gasteiger partial charge in [-0.25, -0.2) is 9.97 Å². The molecule has 0 bridgehead atoms. The molecule has 1 aliphatic heterocycles. The number of nitriles is 1. The number of thiocarbonyl (C=S) groups is 1. The number of hydrogen-bond donors (Lipinski definition) is 1. The summed E-state index contributed by atoms with van der Waals surface area (Å²) in [6.45, 7) is 3.71. The number of anilines is 1. The molecule has 0 atom stereocenters. The highest BCUT2D eigenvalue weighted by Gasteiger charge is 2.13. The second-order valence-electron chi connectivity index (χ2n) is 4.39. The lowest BCUT2D eigenvalue weighted by atomic mass is 10.3. The lowest BCUT2D eigenvalue weighted by molar-refractivity contribution is 0.122. The standard InChI is InChI=1S/C13H17N5OS2/c14-2-1-7-21-13(20)17-10-11-8-15-12(16-9-11)18-3-5-19-6-4-18/h8-9H,1,3-7,10H2,(H,17,20). The zero-order valence-corrected chi connectivity index (χ0v) is 13.3. The summed E-state index contributed by atoms with van der Waals surface area (Å²) < 4.78 is 6.00. The van der Waals surface area contributed by atoms with E-state index in [-0.39, 0.29) is 0 Å². The molecule has 0 spiro atoms. The predicted octanol–water partition coefficient (Wildman–Crippen LogP) is 1.33. The molecular formula is C13H17N5OS2. The number of nitrogens with one attached hydrogen (secondary N) is 1. The van der Waals surface area contributed by atoms with Crippen LogP contribution in [-0.4, -0.2) is 46.3 Å². The van der Waals surface area contributed by atoms with Crippen LogP contribution in [0.2, 0.25) is 0 Å². The van der Waals surface area contributed by atoms with Crippen molar-refractivity contribution >= 4 is 34.2 Å². The number of thioether (sulfide) groups is 1. The SMILES string of the molecule is N#CCCSC(=S)NCc1cnc(N2CCOCC2)nc1. The van der Waals surface area contributed by atoms with Crippen LogP contribution in [0.4, 0.5) is 5.95 Å². The summed E-state index contributed by atoms with van der Waals surface area (Å²) in [5.74, 6) is 1.46. The minimum absolute atomic E-state index is 0.504. The van der Waals surface area contributed by atoms with Gasteiger partial charge in [0.05, 0.1) is 19.3 Å².